The summed E-state index contributed by atoms with van der Waals surface area (Å²) in [6.45, 7) is 1.81. The van der Waals surface area contributed by atoms with Crippen molar-refractivity contribution >= 4 is 40.1 Å². The molecule has 3 rings (SSSR count). The van der Waals surface area contributed by atoms with Crippen LogP contribution in [0.3, 0.4) is 0 Å². The van der Waals surface area contributed by atoms with Gasteiger partial charge in [0, 0.05) is 35.0 Å². The maximum absolute atomic E-state index is 12.5. The van der Waals surface area contributed by atoms with Crippen molar-refractivity contribution < 1.29 is 14.6 Å². The third kappa shape index (κ3) is 4.12. The minimum absolute atomic E-state index is 0.258. The van der Waals surface area contributed by atoms with Crippen LogP contribution in [0.4, 0.5) is 16.3 Å². The molecule has 0 aliphatic rings. The molecular weight excluding hydrogens is 372 g/mol. The van der Waals surface area contributed by atoms with Crippen LogP contribution in [0.2, 0.25) is 5.02 Å². The van der Waals surface area contributed by atoms with Crippen LogP contribution in [0, 0.1) is 0 Å². The molecule has 0 saturated carbocycles. The maximum atomic E-state index is 12.5. The molecule has 1 unspecified atom stereocenters. The van der Waals surface area contributed by atoms with Crippen molar-refractivity contribution in [3.8, 4) is 5.75 Å². The van der Waals surface area contributed by atoms with Gasteiger partial charge >= 0.3 is 6.09 Å². The number of nitrogens with zero attached hydrogens (tertiary/aromatic N) is 1. The monoisotopic (exact) mass is 388 g/mol. The number of hydrogen-bond donors (Lipinski definition) is 4. The van der Waals surface area contributed by atoms with Crippen molar-refractivity contribution in [2.75, 3.05) is 17.7 Å². The molecule has 27 heavy (non-hydrogen) atoms. The first-order valence-corrected chi connectivity index (χ1v) is 8.38. The minimum Gasteiger partial charge on any atom is -0.495 e. The van der Waals surface area contributed by atoms with E-state index < -0.39 is 6.09 Å². The molecule has 3 aromatic rings. The number of aromatic amines is 1. The predicted molar refractivity (Wildman–Crippen MR) is 104 cm³/mol. The van der Waals surface area contributed by atoms with Gasteiger partial charge in [-0.05, 0) is 25.1 Å². The second-order valence-corrected chi connectivity index (χ2v) is 6.26. The van der Waals surface area contributed by atoms with Crippen LogP contribution < -0.4 is 20.9 Å². The summed E-state index contributed by atoms with van der Waals surface area (Å²) in [4.78, 5) is 30.2. The van der Waals surface area contributed by atoms with Gasteiger partial charge in [0.2, 0.25) is 0 Å². The van der Waals surface area contributed by atoms with Crippen molar-refractivity contribution in [2.45, 2.75) is 13.0 Å². The lowest BCUT2D eigenvalue weighted by molar-refractivity contribution is 0.210. The average molecular weight is 389 g/mol. The second-order valence-electron chi connectivity index (χ2n) is 5.85. The first-order valence-electron chi connectivity index (χ1n) is 8.00. The van der Waals surface area contributed by atoms with Crippen molar-refractivity contribution in [2.24, 2.45) is 0 Å². The standard InChI is InChI=1S/C18H17ClN4O4/c1-9(21-16-7-11(3-4-20-16)22-18(25)26)12-5-10-6-13(19)15(27-2)8-14(10)23-17(12)24/h3-9H,1-2H3,(H,23,24)(H,25,26)(H2,20,21,22). The molecule has 0 radical (unpaired) electrons. The molecule has 0 aliphatic carbocycles. The number of ether oxygens (including phenoxy) is 1. The Labute approximate surface area is 159 Å². The van der Waals surface area contributed by atoms with Crippen LogP contribution in [-0.2, 0) is 0 Å². The van der Waals surface area contributed by atoms with E-state index in [1.165, 1.54) is 19.4 Å². The average Bonchev–Trinajstić information content (AvgIpc) is 2.60. The minimum atomic E-state index is -1.17. The van der Waals surface area contributed by atoms with Gasteiger partial charge in [0.25, 0.3) is 5.56 Å². The van der Waals surface area contributed by atoms with Crippen LogP contribution in [0.1, 0.15) is 18.5 Å². The van der Waals surface area contributed by atoms with Crippen LogP contribution in [-0.4, -0.2) is 28.3 Å². The SMILES string of the molecule is COc1cc2[nH]c(=O)c(C(C)Nc3cc(NC(=O)O)ccn3)cc2cc1Cl. The Morgan fingerprint density at radius 1 is 1.33 bits per heavy atom. The first kappa shape index (κ1) is 18.5. The van der Waals surface area contributed by atoms with Gasteiger partial charge in [-0.1, -0.05) is 11.6 Å². The number of hydrogen-bond acceptors (Lipinski definition) is 5. The van der Waals surface area contributed by atoms with E-state index in [9.17, 15) is 9.59 Å². The number of rotatable bonds is 5. The van der Waals surface area contributed by atoms with E-state index >= 15 is 0 Å². The quantitative estimate of drug-likeness (QED) is 0.527. The van der Waals surface area contributed by atoms with Crippen molar-refractivity contribution in [1.82, 2.24) is 9.97 Å². The number of H-pyrrole nitrogens is 1. The Hall–Kier alpha value is -3.26. The Morgan fingerprint density at radius 2 is 2.11 bits per heavy atom. The molecule has 140 valence electrons. The van der Waals surface area contributed by atoms with E-state index in [2.05, 4.69) is 20.6 Å². The smallest absolute Gasteiger partial charge is 0.409 e. The normalized spacial score (nSPS) is 11.8. The molecule has 4 N–H and O–H groups in total. The first-order chi connectivity index (χ1) is 12.9. The number of benzene rings is 1. The van der Waals surface area contributed by atoms with Crippen molar-refractivity contribution in [1.29, 1.82) is 0 Å². The molecule has 2 heterocycles. The van der Waals surface area contributed by atoms with Gasteiger partial charge in [-0.15, -0.1) is 0 Å². The molecule has 0 fully saturated rings. The molecule has 0 spiro atoms. The van der Waals surface area contributed by atoms with E-state index in [0.717, 1.165) is 5.39 Å². The molecule has 1 aromatic carbocycles. The van der Waals surface area contributed by atoms with Gasteiger partial charge in [-0.2, -0.15) is 0 Å². The third-order valence-corrected chi connectivity index (χ3v) is 4.28. The van der Waals surface area contributed by atoms with E-state index in [0.29, 0.717) is 33.4 Å². The summed E-state index contributed by atoms with van der Waals surface area (Å²) < 4.78 is 5.17. The number of methoxy groups -OCH3 is 1. The van der Waals surface area contributed by atoms with Crippen molar-refractivity contribution in [3.63, 3.8) is 0 Å². The fraction of sp³-hybridized carbons (Fsp3) is 0.167. The summed E-state index contributed by atoms with van der Waals surface area (Å²) >= 11 is 6.17. The zero-order valence-corrected chi connectivity index (χ0v) is 15.3. The molecular formula is C18H17ClN4O4. The lowest BCUT2D eigenvalue weighted by Gasteiger charge is -2.16. The number of halogens is 1. The summed E-state index contributed by atoms with van der Waals surface area (Å²) in [7, 11) is 1.51. The number of aromatic nitrogens is 2. The van der Waals surface area contributed by atoms with E-state index in [4.69, 9.17) is 21.4 Å². The van der Waals surface area contributed by atoms with E-state index in [1.54, 1.807) is 31.2 Å². The summed E-state index contributed by atoms with van der Waals surface area (Å²) in [6.07, 6.45) is 0.301. The highest BCUT2D eigenvalue weighted by Gasteiger charge is 2.14. The lowest BCUT2D eigenvalue weighted by atomic mass is 10.1. The highest BCUT2D eigenvalue weighted by molar-refractivity contribution is 6.32. The Morgan fingerprint density at radius 3 is 2.81 bits per heavy atom. The maximum Gasteiger partial charge on any atom is 0.409 e. The fourth-order valence-corrected chi connectivity index (χ4v) is 2.96. The zero-order chi connectivity index (χ0) is 19.6. The number of carboxylic acid groups (broad SMARTS) is 1. The van der Waals surface area contributed by atoms with Gasteiger partial charge in [-0.3, -0.25) is 10.1 Å². The lowest BCUT2D eigenvalue weighted by Crippen LogP contribution is -2.20. The summed E-state index contributed by atoms with van der Waals surface area (Å²) in [5.74, 6) is 0.909. The van der Waals surface area contributed by atoms with Crippen molar-refractivity contribution in [3.05, 3.63) is 57.5 Å². The molecule has 0 saturated heterocycles. The zero-order valence-electron chi connectivity index (χ0n) is 14.5. The molecule has 1 atom stereocenters. The Bertz CT molecular complexity index is 1070. The summed E-state index contributed by atoms with van der Waals surface area (Å²) in [6, 6.07) is 7.83. The van der Waals surface area contributed by atoms with Gasteiger partial charge in [-0.25, -0.2) is 9.78 Å². The van der Waals surface area contributed by atoms with Crippen LogP contribution in [0.25, 0.3) is 10.9 Å². The van der Waals surface area contributed by atoms with Gasteiger partial charge in [0.15, 0.2) is 0 Å². The van der Waals surface area contributed by atoms with Gasteiger partial charge in [0.1, 0.15) is 11.6 Å². The van der Waals surface area contributed by atoms with Crippen LogP contribution in [0.5, 0.6) is 5.75 Å². The molecule has 2 aromatic heterocycles. The predicted octanol–water partition coefficient (Wildman–Crippen LogP) is 3.85. The number of pyridine rings is 2. The number of carbonyl (C=O) groups is 1. The fourth-order valence-electron chi connectivity index (χ4n) is 2.71. The summed E-state index contributed by atoms with van der Waals surface area (Å²) in [5.41, 5.74) is 1.22. The Balaban J connectivity index is 1.91. The van der Waals surface area contributed by atoms with Gasteiger partial charge in [0.05, 0.1) is 23.7 Å². The molecule has 0 bridgehead atoms. The number of fused-ring (bicyclic) bond motifs is 1. The number of nitrogens with one attached hydrogen (secondary N) is 3. The number of amides is 1. The van der Waals surface area contributed by atoms with Gasteiger partial charge < -0.3 is 20.1 Å². The van der Waals surface area contributed by atoms with Crippen LogP contribution >= 0.6 is 11.6 Å². The third-order valence-electron chi connectivity index (χ3n) is 3.99. The van der Waals surface area contributed by atoms with Crippen LogP contribution in [0.15, 0.2) is 41.3 Å². The molecule has 1 amide bonds. The molecule has 8 nitrogen and oxygen atoms in total. The number of anilines is 2. The van der Waals surface area contributed by atoms with E-state index in [-0.39, 0.29) is 11.6 Å². The highest BCUT2D eigenvalue weighted by atomic mass is 35.5. The molecule has 9 heteroatoms. The second kappa shape index (κ2) is 7.55. The van der Waals surface area contributed by atoms with E-state index in [1.807, 2.05) is 0 Å². The topological polar surface area (TPSA) is 116 Å². The summed E-state index contributed by atoms with van der Waals surface area (Å²) in [5, 5.41) is 15.3. The molecule has 0 aliphatic heterocycles. The largest absolute Gasteiger partial charge is 0.495 e. The highest BCUT2D eigenvalue weighted by Crippen LogP contribution is 2.29. The Kier molecular flexibility index (Phi) is 5.18.